The van der Waals surface area contributed by atoms with E-state index in [4.69, 9.17) is 0 Å². The van der Waals surface area contributed by atoms with Gasteiger partial charge in [-0.05, 0) is 27.7 Å². The van der Waals surface area contributed by atoms with E-state index in [9.17, 15) is 9.59 Å². The number of carbonyl (C=O) groups is 2. The van der Waals surface area contributed by atoms with Crippen LogP contribution in [0.2, 0.25) is 0 Å². The van der Waals surface area contributed by atoms with Crippen LogP contribution in [-0.2, 0) is 9.59 Å². The van der Waals surface area contributed by atoms with Crippen molar-refractivity contribution in [3.63, 3.8) is 0 Å². The van der Waals surface area contributed by atoms with E-state index in [0.29, 0.717) is 12.1 Å². The molecule has 2 fully saturated rings. The van der Waals surface area contributed by atoms with Crippen LogP contribution in [0.25, 0.3) is 0 Å². The first-order chi connectivity index (χ1) is 9.96. The summed E-state index contributed by atoms with van der Waals surface area (Å²) in [5.74, 6) is 0. The lowest BCUT2D eigenvalue weighted by molar-refractivity contribution is -0.126. The number of hydrogen-bond acceptors (Lipinski definition) is 4. The summed E-state index contributed by atoms with van der Waals surface area (Å²) in [7, 11) is 0. The van der Waals surface area contributed by atoms with Gasteiger partial charge in [0, 0.05) is 50.3 Å². The van der Waals surface area contributed by atoms with E-state index in [1.807, 2.05) is 9.80 Å². The van der Waals surface area contributed by atoms with E-state index in [0.717, 1.165) is 45.7 Å². The number of carbonyl (C=O) groups excluding carboxylic acids is 2. The van der Waals surface area contributed by atoms with Crippen LogP contribution in [0, 0.1) is 0 Å². The molecule has 0 radical (unpaired) electrons. The Morgan fingerprint density at radius 1 is 0.714 bits per heavy atom. The van der Waals surface area contributed by atoms with Gasteiger partial charge in [-0.1, -0.05) is 0 Å². The summed E-state index contributed by atoms with van der Waals surface area (Å²) in [5, 5.41) is 0. The monoisotopic (exact) mass is 296 g/mol. The van der Waals surface area contributed by atoms with Gasteiger partial charge >= 0.3 is 0 Å². The molecule has 0 aromatic heterocycles. The van der Waals surface area contributed by atoms with Gasteiger partial charge in [0.05, 0.1) is 6.67 Å². The van der Waals surface area contributed by atoms with Crippen molar-refractivity contribution in [2.24, 2.45) is 0 Å². The summed E-state index contributed by atoms with van der Waals surface area (Å²) in [6.07, 6.45) is 1.93. The summed E-state index contributed by atoms with van der Waals surface area (Å²) in [5.41, 5.74) is 0. The van der Waals surface area contributed by atoms with Gasteiger partial charge in [-0.3, -0.25) is 19.4 Å². The fourth-order valence-electron chi connectivity index (χ4n) is 3.37. The molecule has 120 valence electrons. The molecule has 2 aliphatic heterocycles. The normalized spacial score (nSPS) is 35.8. The number of amides is 2. The van der Waals surface area contributed by atoms with E-state index < -0.39 is 0 Å². The summed E-state index contributed by atoms with van der Waals surface area (Å²) < 4.78 is 0. The molecular formula is C15H28N4O2. The van der Waals surface area contributed by atoms with Crippen molar-refractivity contribution in [3.05, 3.63) is 0 Å². The highest BCUT2D eigenvalue weighted by Crippen LogP contribution is 2.18. The Morgan fingerprint density at radius 3 is 1.43 bits per heavy atom. The van der Waals surface area contributed by atoms with Crippen LogP contribution in [0.3, 0.4) is 0 Å². The highest BCUT2D eigenvalue weighted by molar-refractivity contribution is 5.48. The smallest absolute Gasteiger partial charge is 0.210 e. The largest absolute Gasteiger partial charge is 0.340 e. The number of nitrogens with zero attached hydrogens (tertiary/aromatic N) is 4. The first-order valence-electron chi connectivity index (χ1n) is 7.86. The van der Waals surface area contributed by atoms with Gasteiger partial charge in [-0.25, -0.2) is 0 Å². The van der Waals surface area contributed by atoms with Gasteiger partial charge in [-0.2, -0.15) is 0 Å². The Morgan fingerprint density at radius 2 is 1.10 bits per heavy atom. The van der Waals surface area contributed by atoms with Gasteiger partial charge in [0.15, 0.2) is 0 Å². The number of hydrogen-bond donors (Lipinski definition) is 0. The third kappa shape index (κ3) is 3.55. The molecule has 4 atom stereocenters. The van der Waals surface area contributed by atoms with E-state index in [2.05, 4.69) is 37.5 Å². The molecule has 2 heterocycles. The van der Waals surface area contributed by atoms with Gasteiger partial charge in [0.1, 0.15) is 0 Å². The zero-order valence-electron chi connectivity index (χ0n) is 13.6. The molecule has 2 aliphatic rings. The van der Waals surface area contributed by atoms with Crippen LogP contribution < -0.4 is 0 Å². The van der Waals surface area contributed by atoms with Crippen LogP contribution in [0.15, 0.2) is 0 Å². The van der Waals surface area contributed by atoms with Crippen molar-refractivity contribution in [2.75, 3.05) is 32.8 Å². The lowest BCUT2D eigenvalue weighted by atomic mass is 10.1. The van der Waals surface area contributed by atoms with Crippen LogP contribution in [0.4, 0.5) is 0 Å². The van der Waals surface area contributed by atoms with Crippen LogP contribution >= 0.6 is 0 Å². The van der Waals surface area contributed by atoms with Gasteiger partial charge in [0.25, 0.3) is 0 Å². The van der Waals surface area contributed by atoms with E-state index in [-0.39, 0.29) is 12.1 Å². The fraction of sp³-hybridized carbons (Fsp3) is 0.867. The molecular weight excluding hydrogens is 268 g/mol. The molecule has 2 amide bonds. The topological polar surface area (TPSA) is 47.1 Å². The predicted molar refractivity (Wildman–Crippen MR) is 81.7 cm³/mol. The second-order valence-electron chi connectivity index (χ2n) is 6.68. The molecule has 0 saturated carbocycles. The number of rotatable bonds is 4. The van der Waals surface area contributed by atoms with Crippen molar-refractivity contribution in [2.45, 2.75) is 51.9 Å². The van der Waals surface area contributed by atoms with Crippen LogP contribution in [-0.4, -0.2) is 89.4 Å². The zero-order valence-corrected chi connectivity index (χ0v) is 13.6. The molecule has 4 unspecified atom stereocenters. The van der Waals surface area contributed by atoms with Crippen molar-refractivity contribution >= 4 is 12.8 Å². The fourth-order valence-corrected chi connectivity index (χ4v) is 3.37. The molecule has 21 heavy (non-hydrogen) atoms. The Kier molecular flexibility index (Phi) is 5.22. The predicted octanol–water partition coefficient (Wildman–Crippen LogP) is 0.0459. The second-order valence-corrected chi connectivity index (χ2v) is 6.68. The Bertz CT molecular complexity index is 345. The molecule has 2 rings (SSSR count). The van der Waals surface area contributed by atoms with E-state index in [1.165, 1.54) is 0 Å². The van der Waals surface area contributed by atoms with Gasteiger partial charge in [-0.15, -0.1) is 0 Å². The maximum Gasteiger partial charge on any atom is 0.210 e. The van der Waals surface area contributed by atoms with Gasteiger partial charge < -0.3 is 9.80 Å². The van der Waals surface area contributed by atoms with Crippen molar-refractivity contribution in [1.82, 2.24) is 19.6 Å². The molecule has 0 bridgehead atoms. The molecule has 0 aromatic rings. The van der Waals surface area contributed by atoms with Crippen LogP contribution in [0.1, 0.15) is 27.7 Å². The first kappa shape index (κ1) is 16.2. The van der Waals surface area contributed by atoms with E-state index >= 15 is 0 Å². The third-order valence-electron chi connectivity index (χ3n) is 4.96. The number of piperazine rings is 2. The van der Waals surface area contributed by atoms with Crippen LogP contribution in [0.5, 0.6) is 0 Å². The summed E-state index contributed by atoms with van der Waals surface area (Å²) in [4.78, 5) is 30.7. The second kappa shape index (κ2) is 6.75. The summed E-state index contributed by atoms with van der Waals surface area (Å²) in [6, 6.07) is 1.28. The minimum absolute atomic E-state index is 0.266. The minimum Gasteiger partial charge on any atom is -0.340 e. The zero-order chi connectivity index (χ0) is 15.6. The third-order valence-corrected chi connectivity index (χ3v) is 4.96. The molecule has 0 aromatic carbocycles. The SMILES string of the molecule is CC1CN(CN2CC(C)N(C=O)CC2C)C(C)CN1C=O. The highest BCUT2D eigenvalue weighted by Gasteiger charge is 2.33. The van der Waals surface area contributed by atoms with Gasteiger partial charge in [0.2, 0.25) is 12.8 Å². The maximum atomic E-state index is 11.0. The lowest BCUT2D eigenvalue weighted by Crippen LogP contribution is -2.62. The van der Waals surface area contributed by atoms with Crippen molar-refractivity contribution in [1.29, 1.82) is 0 Å². The molecule has 0 N–H and O–H groups in total. The Labute approximate surface area is 127 Å². The quantitative estimate of drug-likeness (QED) is 0.688. The van der Waals surface area contributed by atoms with Crippen molar-refractivity contribution in [3.8, 4) is 0 Å². The summed E-state index contributed by atoms with van der Waals surface area (Å²) >= 11 is 0. The first-order valence-corrected chi connectivity index (χ1v) is 7.86. The standard InChI is InChI=1S/C15H28N4O2/c1-12-7-18(10-20)14(3)5-16(12)9-17-6-15(4)19(11-21)8-13(17)2/h10-15H,5-9H2,1-4H3. The highest BCUT2D eigenvalue weighted by atomic mass is 16.1. The average Bonchev–Trinajstić information content (AvgIpc) is 2.45. The van der Waals surface area contributed by atoms with Crippen molar-refractivity contribution < 1.29 is 9.59 Å². The minimum atomic E-state index is 0.266. The Balaban J connectivity index is 1.95. The molecule has 6 heteroatoms. The summed E-state index contributed by atoms with van der Waals surface area (Å²) in [6.45, 7) is 12.9. The lowest BCUT2D eigenvalue weighted by Gasteiger charge is -2.48. The molecule has 2 saturated heterocycles. The molecule has 0 spiro atoms. The Hall–Kier alpha value is -1.14. The van der Waals surface area contributed by atoms with E-state index in [1.54, 1.807) is 0 Å². The molecule has 6 nitrogen and oxygen atoms in total. The average molecular weight is 296 g/mol. The maximum absolute atomic E-state index is 11.0. The molecule has 0 aliphatic carbocycles.